The fourth-order valence-corrected chi connectivity index (χ4v) is 1.78. The van der Waals surface area contributed by atoms with Gasteiger partial charge in [-0.15, -0.1) is 0 Å². The molecule has 1 rings (SSSR count). The molecule has 0 aliphatic rings. The maximum Gasteiger partial charge on any atom is 0.126 e. The lowest BCUT2D eigenvalue weighted by Gasteiger charge is -2.17. The highest BCUT2D eigenvalue weighted by Gasteiger charge is 2.10. The fourth-order valence-electron chi connectivity index (χ4n) is 1.78. The van der Waals surface area contributed by atoms with E-state index in [0.29, 0.717) is 0 Å². The van der Waals surface area contributed by atoms with Crippen molar-refractivity contribution < 1.29 is 4.74 Å². The van der Waals surface area contributed by atoms with E-state index in [1.165, 1.54) is 0 Å². The van der Waals surface area contributed by atoms with E-state index >= 15 is 0 Å². The van der Waals surface area contributed by atoms with Crippen LogP contribution in [0.3, 0.4) is 0 Å². The molecule has 0 spiro atoms. The van der Waals surface area contributed by atoms with Crippen LogP contribution in [0.2, 0.25) is 0 Å². The average molecular weight is 243 g/mol. The Morgan fingerprint density at radius 1 is 1.22 bits per heavy atom. The molecule has 0 heterocycles. The van der Waals surface area contributed by atoms with E-state index in [-0.39, 0.29) is 0 Å². The molecule has 0 fully saturated rings. The monoisotopic (exact) mass is 243 g/mol. The molecule has 0 atom stereocenters. The van der Waals surface area contributed by atoms with Crippen molar-refractivity contribution in [3.63, 3.8) is 0 Å². The van der Waals surface area contributed by atoms with Crippen LogP contribution in [0.15, 0.2) is 49.1 Å². The zero-order valence-electron chi connectivity index (χ0n) is 11.7. The maximum atomic E-state index is 5.42. The van der Waals surface area contributed by atoms with Crippen LogP contribution in [-0.2, 0) is 0 Å². The lowest BCUT2D eigenvalue weighted by atomic mass is 9.99. The number of methoxy groups -OCH3 is 1. The average Bonchev–Trinajstić information content (AvgIpc) is 2.39. The minimum Gasteiger partial charge on any atom is -0.496 e. The Balaban J connectivity index is 3.49. The van der Waals surface area contributed by atoms with Gasteiger partial charge in [-0.1, -0.05) is 25.3 Å². The number of allylic oxidation sites excluding steroid dienone is 4. The highest BCUT2D eigenvalue weighted by molar-refractivity contribution is 5.82. The minimum atomic E-state index is 0.844. The predicted molar refractivity (Wildman–Crippen MR) is 80.3 cm³/mol. The van der Waals surface area contributed by atoms with E-state index in [0.717, 1.165) is 28.1 Å². The summed E-state index contributed by atoms with van der Waals surface area (Å²) in [5, 5.41) is 0. The van der Waals surface area contributed by atoms with Gasteiger partial charge in [0.2, 0.25) is 0 Å². The Bertz CT molecular complexity index is 484. The summed E-state index contributed by atoms with van der Waals surface area (Å²) in [5.41, 5.74) is 4.29. The molecule has 0 bridgehead atoms. The molecule has 96 valence electrons. The van der Waals surface area contributed by atoms with Gasteiger partial charge in [-0.25, -0.2) is 0 Å². The van der Waals surface area contributed by atoms with Gasteiger partial charge in [-0.05, 0) is 36.3 Å². The molecule has 1 aromatic carbocycles. The van der Waals surface area contributed by atoms with Gasteiger partial charge in [-0.2, -0.15) is 0 Å². The largest absolute Gasteiger partial charge is 0.496 e. The van der Waals surface area contributed by atoms with Gasteiger partial charge >= 0.3 is 0 Å². The first-order valence-electron chi connectivity index (χ1n) is 5.86. The molecule has 0 aliphatic carbocycles. The number of benzene rings is 1. The van der Waals surface area contributed by atoms with Crippen LogP contribution in [0.1, 0.15) is 12.5 Å². The first kappa shape index (κ1) is 14.1. The standard InChI is InChI=1S/C16H21NO/c1-7-12(3)14(8-2)15-11-13(17(4)5)9-10-16(15)18-6/h7-11H,1-2H2,3-6H3/b14-12+. The summed E-state index contributed by atoms with van der Waals surface area (Å²) in [4.78, 5) is 2.06. The van der Waals surface area contributed by atoms with Gasteiger partial charge in [0.05, 0.1) is 7.11 Å². The minimum absolute atomic E-state index is 0.844. The van der Waals surface area contributed by atoms with Crippen LogP contribution >= 0.6 is 0 Å². The van der Waals surface area contributed by atoms with Crippen LogP contribution in [0, 0.1) is 0 Å². The maximum absolute atomic E-state index is 5.42. The van der Waals surface area contributed by atoms with Crippen molar-refractivity contribution in [3.05, 3.63) is 54.6 Å². The van der Waals surface area contributed by atoms with Crippen molar-refractivity contribution in [2.24, 2.45) is 0 Å². The van der Waals surface area contributed by atoms with Crippen LogP contribution in [0.25, 0.3) is 5.57 Å². The number of nitrogens with zero attached hydrogens (tertiary/aromatic N) is 1. The summed E-state index contributed by atoms with van der Waals surface area (Å²) in [6.45, 7) is 9.71. The molecule has 0 amide bonds. The third-order valence-electron chi connectivity index (χ3n) is 2.92. The van der Waals surface area contributed by atoms with Crippen LogP contribution in [-0.4, -0.2) is 21.2 Å². The molecule has 18 heavy (non-hydrogen) atoms. The van der Waals surface area contributed by atoms with E-state index in [1.807, 2.05) is 45.3 Å². The van der Waals surface area contributed by atoms with E-state index in [9.17, 15) is 0 Å². The first-order valence-corrected chi connectivity index (χ1v) is 5.86. The van der Waals surface area contributed by atoms with Crippen molar-refractivity contribution in [1.82, 2.24) is 0 Å². The highest BCUT2D eigenvalue weighted by atomic mass is 16.5. The number of ether oxygens (including phenoxy) is 1. The van der Waals surface area contributed by atoms with Crippen molar-refractivity contribution in [3.8, 4) is 5.75 Å². The molecular formula is C16H21NO. The third-order valence-corrected chi connectivity index (χ3v) is 2.92. The van der Waals surface area contributed by atoms with E-state index in [1.54, 1.807) is 7.11 Å². The van der Waals surface area contributed by atoms with E-state index < -0.39 is 0 Å². The first-order chi connectivity index (χ1) is 8.54. The van der Waals surface area contributed by atoms with Gasteiger partial charge in [0.15, 0.2) is 0 Å². The Morgan fingerprint density at radius 2 is 1.89 bits per heavy atom. The van der Waals surface area contributed by atoms with Crippen molar-refractivity contribution in [2.45, 2.75) is 6.92 Å². The van der Waals surface area contributed by atoms with E-state index in [2.05, 4.69) is 24.1 Å². The molecular weight excluding hydrogens is 222 g/mol. The summed E-state index contributed by atoms with van der Waals surface area (Å²) in [6, 6.07) is 6.11. The molecule has 0 radical (unpaired) electrons. The Morgan fingerprint density at radius 3 is 2.33 bits per heavy atom. The number of hydrogen-bond donors (Lipinski definition) is 0. The molecule has 2 heteroatoms. The second kappa shape index (κ2) is 6.10. The quantitative estimate of drug-likeness (QED) is 0.727. The van der Waals surface area contributed by atoms with Gasteiger partial charge < -0.3 is 9.64 Å². The summed E-state index contributed by atoms with van der Waals surface area (Å²) >= 11 is 0. The molecule has 1 aromatic rings. The SMILES string of the molecule is C=C/C(C)=C(\C=C)c1cc(N(C)C)ccc1OC. The second-order valence-corrected chi connectivity index (χ2v) is 4.28. The van der Waals surface area contributed by atoms with Gasteiger partial charge in [-0.3, -0.25) is 0 Å². The van der Waals surface area contributed by atoms with Gasteiger partial charge in [0.25, 0.3) is 0 Å². The fraction of sp³-hybridized carbons (Fsp3) is 0.250. The molecule has 0 aromatic heterocycles. The Labute approximate surface area is 110 Å². The highest BCUT2D eigenvalue weighted by Crippen LogP contribution is 2.32. The molecule has 0 saturated carbocycles. The zero-order chi connectivity index (χ0) is 13.7. The second-order valence-electron chi connectivity index (χ2n) is 4.28. The number of anilines is 1. The van der Waals surface area contributed by atoms with Crippen LogP contribution in [0.5, 0.6) is 5.75 Å². The summed E-state index contributed by atoms with van der Waals surface area (Å²) in [7, 11) is 5.71. The van der Waals surface area contributed by atoms with Gasteiger partial charge in [0.1, 0.15) is 5.75 Å². The predicted octanol–water partition coefficient (Wildman–Crippen LogP) is 3.91. The smallest absolute Gasteiger partial charge is 0.126 e. The Kier molecular flexibility index (Phi) is 4.78. The van der Waals surface area contributed by atoms with Crippen LogP contribution in [0.4, 0.5) is 5.69 Å². The number of rotatable bonds is 5. The van der Waals surface area contributed by atoms with Crippen LogP contribution < -0.4 is 9.64 Å². The summed E-state index contributed by atoms with van der Waals surface area (Å²) < 4.78 is 5.42. The molecule has 0 unspecified atom stereocenters. The van der Waals surface area contributed by atoms with Crippen molar-refractivity contribution in [1.29, 1.82) is 0 Å². The normalized spacial score (nSPS) is 11.6. The lowest BCUT2D eigenvalue weighted by molar-refractivity contribution is 0.413. The number of hydrogen-bond acceptors (Lipinski definition) is 2. The van der Waals surface area contributed by atoms with Gasteiger partial charge in [0, 0.05) is 25.3 Å². The third kappa shape index (κ3) is 2.83. The molecule has 0 saturated heterocycles. The molecule has 2 nitrogen and oxygen atoms in total. The van der Waals surface area contributed by atoms with Crippen molar-refractivity contribution in [2.75, 3.05) is 26.1 Å². The van der Waals surface area contributed by atoms with Crippen molar-refractivity contribution >= 4 is 11.3 Å². The Hall–Kier alpha value is -1.96. The molecule has 0 N–H and O–H groups in total. The van der Waals surface area contributed by atoms with E-state index in [4.69, 9.17) is 4.74 Å². The zero-order valence-corrected chi connectivity index (χ0v) is 11.7. The topological polar surface area (TPSA) is 12.5 Å². The lowest BCUT2D eigenvalue weighted by Crippen LogP contribution is -2.09. The summed E-state index contributed by atoms with van der Waals surface area (Å²) in [5.74, 6) is 0.844. The molecule has 0 aliphatic heterocycles. The summed E-state index contributed by atoms with van der Waals surface area (Å²) in [6.07, 6.45) is 3.67.